The minimum atomic E-state index is -0.636. The summed E-state index contributed by atoms with van der Waals surface area (Å²) in [5.41, 5.74) is 1.83. The molecule has 8 nitrogen and oxygen atoms in total. The number of carbonyl (C=O) groups excluding carboxylic acids is 3. The van der Waals surface area contributed by atoms with E-state index in [1.54, 1.807) is 49.4 Å². The summed E-state index contributed by atoms with van der Waals surface area (Å²) < 4.78 is 14.9. The number of hydrogen-bond acceptors (Lipinski definition) is 8. The lowest BCUT2D eigenvalue weighted by Gasteiger charge is -2.04. The number of carbonyl (C=O) groups is 3. The van der Waals surface area contributed by atoms with Crippen LogP contribution in [-0.2, 0) is 23.9 Å². The van der Waals surface area contributed by atoms with Crippen molar-refractivity contribution in [3.8, 4) is 11.3 Å². The average molecular weight is 369 g/mol. The smallest absolute Gasteiger partial charge is 0.367 e. The summed E-state index contributed by atoms with van der Waals surface area (Å²) in [4.78, 5) is 39.0. The number of benzene rings is 1. The molecule has 0 saturated carbocycles. The Labute approximate surface area is 154 Å². The third kappa shape index (κ3) is 4.12. The fourth-order valence-electron chi connectivity index (χ4n) is 2.28. The summed E-state index contributed by atoms with van der Waals surface area (Å²) >= 11 is 0. The molecule has 1 aliphatic heterocycles. The van der Waals surface area contributed by atoms with Gasteiger partial charge in [-0.25, -0.2) is 14.4 Å². The lowest BCUT2D eigenvalue weighted by molar-refractivity contribution is -0.144. The Balaban J connectivity index is 1.71. The fourth-order valence-corrected chi connectivity index (χ4v) is 2.28. The summed E-state index contributed by atoms with van der Waals surface area (Å²) in [6, 6.07) is 9.92. The van der Waals surface area contributed by atoms with Gasteiger partial charge in [-0.05, 0) is 37.3 Å². The van der Waals surface area contributed by atoms with E-state index in [-0.39, 0.29) is 5.56 Å². The van der Waals surface area contributed by atoms with Gasteiger partial charge in [0.15, 0.2) is 6.61 Å². The first-order valence-corrected chi connectivity index (χ1v) is 7.90. The van der Waals surface area contributed by atoms with Crippen molar-refractivity contribution in [3.63, 3.8) is 0 Å². The highest BCUT2D eigenvalue weighted by Crippen LogP contribution is 2.25. The topological polar surface area (TPSA) is 104 Å². The molecule has 0 amide bonds. The number of furan rings is 1. The Morgan fingerprint density at radius 3 is 2.52 bits per heavy atom. The van der Waals surface area contributed by atoms with Gasteiger partial charge in [-0.3, -0.25) is 0 Å². The standard InChI is InChI=1S/C19H15NO7/c1-11-15(19(23)27-20-11)9-14-7-8-16(26-14)12-3-5-13(6-4-12)18(22)25-10-17(21)24-2/h3-9H,10H2,1-2H3/b15-9-. The zero-order chi connectivity index (χ0) is 19.4. The number of rotatable bonds is 5. The van der Waals surface area contributed by atoms with Crippen LogP contribution in [0.4, 0.5) is 0 Å². The van der Waals surface area contributed by atoms with Crippen molar-refractivity contribution < 1.29 is 33.1 Å². The molecule has 1 aromatic carbocycles. The third-order valence-corrected chi connectivity index (χ3v) is 3.74. The Bertz CT molecular complexity index is 951. The minimum Gasteiger partial charge on any atom is -0.466 e. The molecular weight excluding hydrogens is 354 g/mol. The molecule has 0 saturated heterocycles. The van der Waals surface area contributed by atoms with E-state index >= 15 is 0 Å². The Hall–Kier alpha value is -3.68. The van der Waals surface area contributed by atoms with Gasteiger partial charge in [0, 0.05) is 5.56 Å². The fraction of sp³-hybridized carbons (Fsp3) is 0.158. The molecule has 0 bridgehead atoms. The number of hydrogen-bond donors (Lipinski definition) is 0. The first kappa shape index (κ1) is 18.1. The van der Waals surface area contributed by atoms with Crippen LogP contribution in [0.15, 0.2) is 51.5 Å². The molecule has 1 aromatic heterocycles. The third-order valence-electron chi connectivity index (χ3n) is 3.74. The first-order valence-electron chi connectivity index (χ1n) is 7.90. The number of nitrogens with zero attached hydrogens (tertiary/aromatic N) is 1. The van der Waals surface area contributed by atoms with Crippen molar-refractivity contribution in [1.29, 1.82) is 0 Å². The molecule has 8 heteroatoms. The van der Waals surface area contributed by atoms with Crippen LogP contribution in [0.25, 0.3) is 17.4 Å². The van der Waals surface area contributed by atoms with Gasteiger partial charge in [-0.1, -0.05) is 17.3 Å². The number of ether oxygens (including phenoxy) is 2. The van der Waals surface area contributed by atoms with E-state index in [4.69, 9.17) is 9.15 Å². The molecule has 0 spiro atoms. The van der Waals surface area contributed by atoms with Gasteiger partial charge in [0.25, 0.3) is 0 Å². The van der Waals surface area contributed by atoms with Gasteiger partial charge >= 0.3 is 17.9 Å². The Kier molecular flexibility index (Phi) is 5.16. The Morgan fingerprint density at radius 1 is 1.15 bits per heavy atom. The van der Waals surface area contributed by atoms with E-state index in [9.17, 15) is 14.4 Å². The molecule has 0 radical (unpaired) electrons. The first-order chi connectivity index (χ1) is 13.0. The molecule has 138 valence electrons. The van der Waals surface area contributed by atoms with Crippen LogP contribution in [0.5, 0.6) is 0 Å². The highest BCUT2D eigenvalue weighted by molar-refractivity contribution is 6.24. The molecule has 0 aliphatic carbocycles. The minimum absolute atomic E-state index is 0.289. The molecular formula is C19H15NO7. The highest BCUT2D eigenvalue weighted by Gasteiger charge is 2.22. The van der Waals surface area contributed by atoms with E-state index in [0.717, 1.165) is 5.56 Å². The van der Waals surface area contributed by atoms with Gasteiger partial charge < -0.3 is 18.7 Å². The molecule has 1 aliphatic rings. The molecule has 3 rings (SSSR count). The molecule has 27 heavy (non-hydrogen) atoms. The van der Waals surface area contributed by atoms with Crippen molar-refractivity contribution in [2.75, 3.05) is 13.7 Å². The summed E-state index contributed by atoms with van der Waals surface area (Å²) in [6.07, 6.45) is 1.55. The van der Waals surface area contributed by atoms with E-state index in [0.29, 0.717) is 22.8 Å². The van der Waals surface area contributed by atoms with Crippen molar-refractivity contribution >= 4 is 29.7 Å². The van der Waals surface area contributed by atoms with Gasteiger partial charge in [0.05, 0.1) is 24.0 Å². The van der Waals surface area contributed by atoms with E-state index in [1.807, 2.05) is 0 Å². The van der Waals surface area contributed by atoms with Gasteiger partial charge in [0.1, 0.15) is 11.5 Å². The molecule has 0 N–H and O–H groups in total. The van der Waals surface area contributed by atoms with Crippen molar-refractivity contribution in [1.82, 2.24) is 0 Å². The highest BCUT2D eigenvalue weighted by atomic mass is 16.7. The van der Waals surface area contributed by atoms with Crippen LogP contribution in [0.2, 0.25) is 0 Å². The van der Waals surface area contributed by atoms with Gasteiger partial charge in [-0.2, -0.15) is 0 Å². The second-order valence-electron chi connectivity index (χ2n) is 5.55. The summed E-state index contributed by atoms with van der Waals surface area (Å²) in [7, 11) is 1.21. The normalized spacial score (nSPS) is 14.7. The SMILES string of the molecule is COC(=O)COC(=O)c1ccc(-c2ccc(/C=C3\C(=O)ON=C3C)o2)cc1. The summed E-state index contributed by atoms with van der Waals surface area (Å²) in [5.74, 6) is -0.775. The predicted molar refractivity (Wildman–Crippen MR) is 93.6 cm³/mol. The predicted octanol–water partition coefficient (Wildman–Crippen LogP) is 2.59. The molecule has 0 unspecified atom stereocenters. The largest absolute Gasteiger partial charge is 0.466 e. The maximum Gasteiger partial charge on any atom is 0.367 e. The van der Waals surface area contributed by atoms with Gasteiger partial charge in [-0.15, -0.1) is 0 Å². The number of methoxy groups -OCH3 is 1. The quantitative estimate of drug-likeness (QED) is 0.453. The summed E-state index contributed by atoms with van der Waals surface area (Å²) in [5, 5.41) is 3.60. The zero-order valence-electron chi connectivity index (χ0n) is 14.6. The average Bonchev–Trinajstić information content (AvgIpc) is 3.28. The number of esters is 2. The van der Waals surface area contributed by atoms with Crippen molar-refractivity contribution in [2.45, 2.75) is 6.92 Å². The van der Waals surface area contributed by atoms with Crippen LogP contribution in [0, 0.1) is 0 Å². The van der Waals surface area contributed by atoms with Gasteiger partial charge in [0.2, 0.25) is 0 Å². The number of oxime groups is 1. The van der Waals surface area contributed by atoms with Crippen molar-refractivity contribution in [3.05, 3.63) is 53.3 Å². The van der Waals surface area contributed by atoms with Crippen LogP contribution in [0.3, 0.4) is 0 Å². The lowest BCUT2D eigenvalue weighted by Crippen LogP contribution is -2.14. The monoisotopic (exact) mass is 369 g/mol. The molecule has 0 atom stereocenters. The zero-order valence-corrected chi connectivity index (χ0v) is 14.6. The van der Waals surface area contributed by atoms with E-state index < -0.39 is 24.5 Å². The molecule has 2 aromatic rings. The maximum absolute atomic E-state index is 11.9. The van der Waals surface area contributed by atoms with E-state index in [1.165, 1.54) is 7.11 Å². The maximum atomic E-state index is 11.9. The second kappa shape index (κ2) is 7.69. The van der Waals surface area contributed by atoms with Crippen molar-refractivity contribution in [2.24, 2.45) is 5.16 Å². The molecule has 2 heterocycles. The second-order valence-corrected chi connectivity index (χ2v) is 5.55. The van der Waals surface area contributed by atoms with Crippen LogP contribution >= 0.6 is 0 Å². The van der Waals surface area contributed by atoms with Crippen LogP contribution < -0.4 is 0 Å². The van der Waals surface area contributed by atoms with Crippen LogP contribution in [-0.4, -0.2) is 37.3 Å². The molecule has 0 fully saturated rings. The summed E-state index contributed by atoms with van der Waals surface area (Å²) in [6.45, 7) is 1.22. The van der Waals surface area contributed by atoms with E-state index in [2.05, 4.69) is 14.7 Å². The Morgan fingerprint density at radius 2 is 1.89 bits per heavy atom. The lowest BCUT2D eigenvalue weighted by atomic mass is 10.1. The van der Waals surface area contributed by atoms with Crippen LogP contribution in [0.1, 0.15) is 23.0 Å².